The Hall–Kier alpha value is -4.06. The molecular formula is C30H25NO5. The van der Waals surface area contributed by atoms with Crippen LogP contribution in [0.4, 0.5) is 0 Å². The second-order valence-corrected chi connectivity index (χ2v) is 9.93. The number of amides is 2. The molecule has 0 unspecified atom stereocenters. The van der Waals surface area contributed by atoms with E-state index in [9.17, 15) is 19.2 Å². The molecule has 1 saturated heterocycles. The number of carbonyl (C=O) groups is 4. The lowest BCUT2D eigenvalue weighted by atomic mass is 9.55. The average Bonchev–Trinajstić information content (AvgIpc) is 3.14. The number of hydrogen-bond donors (Lipinski definition) is 0. The van der Waals surface area contributed by atoms with Gasteiger partial charge in [-0.05, 0) is 47.7 Å². The van der Waals surface area contributed by atoms with Crippen molar-refractivity contribution in [3.05, 3.63) is 106 Å². The molecule has 2 bridgehead atoms. The quantitative estimate of drug-likeness (QED) is 0.315. The molecule has 1 aliphatic heterocycles. The number of rotatable bonds is 5. The minimum Gasteiger partial charge on any atom is -0.456 e. The Kier molecular flexibility index (Phi) is 5.14. The van der Waals surface area contributed by atoms with Crippen LogP contribution >= 0.6 is 0 Å². The molecule has 0 aromatic heterocycles. The van der Waals surface area contributed by atoms with E-state index in [1.54, 1.807) is 6.07 Å². The van der Waals surface area contributed by atoms with Crippen LogP contribution in [0.1, 0.15) is 55.6 Å². The van der Waals surface area contributed by atoms with E-state index in [1.165, 1.54) is 0 Å². The molecule has 3 aromatic rings. The van der Waals surface area contributed by atoms with Gasteiger partial charge in [0.2, 0.25) is 17.6 Å². The van der Waals surface area contributed by atoms with Gasteiger partial charge < -0.3 is 4.74 Å². The summed E-state index contributed by atoms with van der Waals surface area (Å²) in [6, 6.07) is 21.5. The molecule has 180 valence electrons. The number of esters is 1. The van der Waals surface area contributed by atoms with Gasteiger partial charge >= 0.3 is 5.97 Å². The van der Waals surface area contributed by atoms with Crippen molar-refractivity contribution in [3.63, 3.8) is 0 Å². The van der Waals surface area contributed by atoms with E-state index in [2.05, 4.69) is 0 Å². The first-order chi connectivity index (χ1) is 17.4. The highest BCUT2D eigenvalue weighted by atomic mass is 16.5. The maximum atomic E-state index is 13.6. The van der Waals surface area contributed by atoms with Crippen molar-refractivity contribution in [1.82, 2.24) is 4.90 Å². The summed E-state index contributed by atoms with van der Waals surface area (Å²) >= 11 is 0. The Morgan fingerprint density at radius 2 is 1.28 bits per heavy atom. The number of likely N-dealkylation sites (tertiary alicyclic amines) is 1. The van der Waals surface area contributed by atoms with Gasteiger partial charge in [0.05, 0.1) is 11.8 Å². The van der Waals surface area contributed by atoms with Crippen LogP contribution in [-0.2, 0) is 19.1 Å². The number of Topliss-reactive ketones (excluding diaryl/α,β-unsaturated/α-hetero) is 1. The number of aryl methyl sites for hydroxylation is 2. The molecule has 3 aromatic carbocycles. The Morgan fingerprint density at radius 1 is 0.778 bits per heavy atom. The van der Waals surface area contributed by atoms with Crippen LogP contribution in [0, 0.1) is 25.7 Å². The number of benzene rings is 3. The molecule has 4 aliphatic rings. The van der Waals surface area contributed by atoms with E-state index in [0.717, 1.165) is 38.3 Å². The summed E-state index contributed by atoms with van der Waals surface area (Å²) in [5.41, 5.74) is 6.53. The first-order valence-electron chi connectivity index (χ1n) is 12.2. The molecule has 1 heterocycles. The van der Waals surface area contributed by atoms with Gasteiger partial charge in [-0.15, -0.1) is 0 Å². The molecule has 0 spiro atoms. The molecule has 3 aliphatic carbocycles. The van der Waals surface area contributed by atoms with Crippen molar-refractivity contribution in [3.8, 4) is 0 Å². The summed E-state index contributed by atoms with van der Waals surface area (Å²) in [6.07, 6.45) is 0. The maximum Gasteiger partial charge on any atom is 0.326 e. The summed E-state index contributed by atoms with van der Waals surface area (Å²) in [7, 11) is 0. The number of hydrogen-bond acceptors (Lipinski definition) is 5. The summed E-state index contributed by atoms with van der Waals surface area (Å²) in [4.78, 5) is 53.5. The topological polar surface area (TPSA) is 80.8 Å². The van der Waals surface area contributed by atoms with Gasteiger partial charge in [-0.25, -0.2) is 0 Å². The van der Waals surface area contributed by atoms with E-state index in [-0.39, 0.29) is 29.4 Å². The number of ether oxygens (including phenoxy) is 1. The van der Waals surface area contributed by atoms with E-state index in [4.69, 9.17) is 4.74 Å². The van der Waals surface area contributed by atoms with Crippen LogP contribution in [0.15, 0.2) is 66.7 Å². The first-order valence-corrected chi connectivity index (χ1v) is 12.2. The van der Waals surface area contributed by atoms with Crippen molar-refractivity contribution < 1.29 is 23.9 Å². The third-order valence-electron chi connectivity index (χ3n) is 7.88. The second-order valence-electron chi connectivity index (χ2n) is 9.93. The molecule has 2 amide bonds. The van der Waals surface area contributed by atoms with E-state index >= 15 is 0 Å². The molecule has 0 N–H and O–H groups in total. The molecule has 7 rings (SSSR count). The van der Waals surface area contributed by atoms with Crippen molar-refractivity contribution in [2.24, 2.45) is 11.8 Å². The predicted octanol–water partition coefficient (Wildman–Crippen LogP) is 3.92. The zero-order chi connectivity index (χ0) is 25.1. The molecule has 0 radical (unpaired) electrons. The highest BCUT2D eigenvalue weighted by Crippen LogP contribution is 2.60. The Bertz CT molecular complexity index is 1340. The molecule has 6 nitrogen and oxygen atoms in total. The van der Waals surface area contributed by atoms with Crippen LogP contribution in [0.3, 0.4) is 0 Å². The first kappa shape index (κ1) is 22.4. The van der Waals surface area contributed by atoms with Crippen LogP contribution in [-0.4, -0.2) is 41.6 Å². The molecule has 6 heteroatoms. The lowest BCUT2D eigenvalue weighted by Crippen LogP contribution is -2.41. The van der Waals surface area contributed by atoms with Crippen LogP contribution in [0.2, 0.25) is 0 Å². The fraction of sp³-hybridized carbons (Fsp3) is 0.267. The number of carbonyl (C=O) groups excluding carboxylic acids is 4. The average molecular weight is 480 g/mol. The molecule has 36 heavy (non-hydrogen) atoms. The largest absolute Gasteiger partial charge is 0.456 e. The molecular weight excluding hydrogens is 454 g/mol. The summed E-state index contributed by atoms with van der Waals surface area (Å²) in [5.74, 6) is -3.32. The third kappa shape index (κ3) is 3.24. The van der Waals surface area contributed by atoms with Gasteiger partial charge in [0.15, 0.2) is 6.61 Å². The van der Waals surface area contributed by atoms with Gasteiger partial charge in [0.25, 0.3) is 0 Å². The fourth-order valence-electron chi connectivity index (χ4n) is 6.33. The number of ketones is 1. The summed E-state index contributed by atoms with van der Waals surface area (Å²) in [5, 5.41) is 0. The minimum atomic E-state index is -0.767. The lowest BCUT2D eigenvalue weighted by molar-refractivity contribution is -0.152. The van der Waals surface area contributed by atoms with Crippen molar-refractivity contribution in [2.45, 2.75) is 25.7 Å². The summed E-state index contributed by atoms with van der Waals surface area (Å²) in [6.45, 7) is 2.78. The Morgan fingerprint density at radius 3 is 1.78 bits per heavy atom. The van der Waals surface area contributed by atoms with Gasteiger partial charge in [-0.3, -0.25) is 24.1 Å². The number of imide groups is 1. The van der Waals surface area contributed by atoms with Crippen LogP contribution < -0.4 is 0 Å². The fourth-order valence-corrected chi connectivity index (χ4v) is 6.33. The van der Waals surface area contributed by atoms with Gasteiger partial charge in [0, 0.05) is 17.4 Å². The standard InChI is InChI=1S/C30H25NO5/c1-16-11-12-17(2)22(13-16)23(32)15-36-24(33)14-31-29(34)27-25-18-7-3-4-8-19(18)26(28(27)30(31)35)21-10-6-5-9-20(21)25/h3-13,25-28H,14-15H2,1-2H3/t25?,26?,27-,28-/m0/s1. The normalized spacial score (nSPS) is 23.2. The number of nitrogens with zero attached hydrogens (tertiary/aromatic N) is 1. The second kappa shape index (κ2) is 8.26. The zero-order valence-corrected chi connectivity index (χ0v) is 20.1. The van der Waals surface area contributed by atoms with Gasteiger partial charge in [-0.2, -0.15) is 0 Å². The molecule has 0 saturated carbocycles. The molecule has 2 atom stereocenters. The smallest absolute Gasteiger partial charge is 0.326 e. The maximum absolute atomic E-state index is 13.6. The van der Waals surface area contributed by atoms with Crippen molar-refractivity contribution >= 4 is 23.6 Å². The minimum absolute atomic E-state index is 0.226. The van der Waals surface area contributed by atoms with E-state index in [0.29, 0.717) is 5.56 Å². The van der Waals surface area contributed by atoms with Crippen molar-refractivity contribution in [2.75, 3.05) is 13.2 Å². The predicted molar refractivity (Wildman–Crippen MR) is 131 cm³/mol. The van der Waals surface area contributed by atoms with E-state index < -0.39 is 31.0 Å². The monoisotopic (exact) mass is 479 g/mol. The van der Waals surface area contributed by atoms with Crippen LogP contribution in [0.5, 0.6) is 0 Å². The van der Waals surface area contributed by atoms with Gasteiger partial charge in [-0.1, -0.05) is 66.2 Å². The van der Waals surface area contributed by atoms with Crippen LogP contribution in [0.25, 0.3) is 0 Å². The van der Waals surface area contributed by atoms with Crippen molar-refractivity contribution in [1.29, 1.82) is 0 Å². The SMILES string of the molecule is Cc1ccc(C)c(C(=O)COC(=O)CN2C(=O)[C@H]3C4c5ccccc5C(c5ccccc54)[C@@H]3C2=O)c1. The van der Waals surface area contributed by atoms with E-state index in [1.807, 2.05) is 74.5 Å². The molecule has 1 fully saturated rings. The third-order valence-corrected chi connectivity index (χ3v) is 7.88. The Labute approximate surface area is 208 Å². The highest BCUT2D eigenvalue weighted by molar-refractivity contribution is 6.09. The highest BCUT2D eigenvalue weighted by Gasteiger charge is 2.61. The zero-order valence-electron chi connectivity index (χ0n) is 20.1. The van der Waals surface area contributed by atoms with Gasteiger partial charge in [0.1, 0.15) is 6.54 Å². The lowest BCUT2D eigenvalue weighted by Gasteiger charge is -2.45. The summed E-state index contributed by atoms with van der Waals surface area (Å²) < 4.78 is 5.22. The Balaban J connectivity index is 1.23.